The molecule has 0 aromatic carbocycles. The van der Waals surface area contributed by atoms with Crippen LogP contribution in [0.1, 0.15) is 52.9 Å². The predicted octanol–water partition coefficient (Wildman–Crippen LogP) is 1.91. The molecule has 2 spiro atoms. The van der Waals surface area contributed by atoms with Crippen LogP contribution < -0.4 is 10.6 Å². The average molecular weight is 335 g/mol. The van der Waals surface area contributed by atoms with Gasteiger partial charge in [-0.25, -0.2) is 0 Å². The maximum absolute atomic E-state index is 3.74. The molecule has 0 aromatic rings. The maximum atomic E-state index is 3.74. The lowest BCUT2D eigenvalue weighted by atomic mass is 9.69. The lowest BCUT2D eigenvalue weighted by Crippen LogP contribution is -2.66. The van der Waals surface area contributed by atoms with Gasteiger partial charge in [0, 0.05) is 55.8 Å². The summed E-state index contributed by atoms with van der Waals surface area (Å²) in [6.07, 6.45) is 7.02. The van der Waals surface area contributed by atoms with Gasteiger partial charge in [0.15, 0.2) is 0 Å². The summed E-state index contributed by atoms with van der Waals surface area (Å²) in [6.45, 7) is 16.2. The second-order valence-corrected chi connectivity index (χ2v) is 9.81. The van der Waals surface area contributed by atoms with Crippen LogP contribution in [0.2, 0.25) is 0 Å². The highest BCUT2D eigenvalue weighted by Crippen LogP contribution is 2.40. The molecule has 4 rings (SSSR count). The van der Waals surface area contributed by atoms with Crippen LogP contribution in [0, 0.1) is 11.3 Å². The lowest BCUT2D eigenvalue weighted by Gasteiger charge is -2.54. The Labute approximate surface area is 148 Å². The van der Waals surface area contributed by atoms with Crippen molar-refractivity contribution in [3.63, 3.8) is 0 Å². The van der Waals surface area contributed by atoms with E-state index >= 15 is 0 Å². The van der Waals surface area contributed by atoms with Crippen LogP contribution in [0.4, 0.5) is 0 Å². The highest BCUT2D eigenvalue weighted by molar-refractivity contribution is 5.03. The quantitative estimate of drug-likeness (QED) is 0.822. The molecule has 4 fully saturated rings. The maximum Gasteiger partial charge on any atom is 0.0321 e. The van der Waals surface area contributed by atoms with E-state index in [0.717, 1.165) is 12.0 Å². The van der Waals surface area contributed by atoms with Crippen LogP contribution in [-0.2, 0) is 0 Å². The highest BCUT2D eigenvalue weighted by atomic mass is 15.2. The number of nitrogens with one attached hydrogen (secondary N) is 2. The Morgan fingerprint density at radius 3 is 2.46 bits per heavy atom. The van der Waals surface area contributed by atoms with Crippen molar-refractivity contribution in [3.05, 3.63) is 0 Å². The predicted molar refractivity (Wildman–Crippen MR) is 100 cm³/mol. The van der Waals surface area contributed by atoms with Crippen molar-refractivity contribution in [3.8, 4) is 0 Å². The normalized spacial score (nSPS) is 38.2. The Bertz CT molecular complexity index is 441. The van der Waals surface area contributed by atoms with Gasteiger partial charge in [-0.15, -0.1) is 0 Å². The van der Waals surface area contributed by atoms with Gasteiger partial charge in [-0.1, -0.05) is 0 Å². The molecule has 0 amide bonds. The molecule has 24 heavy (non-hydrogen) atoms. The molecule has 4 nitrogen and oxygen atoms in total. The number of nitrogens with zero attached hydrogens (tertiary/aromatic N) is 2. The molecule has 0 radical (unpaired) electrons. The zero-order valence-corrected chi connectivity index (χ0v) is 16.1. The van der Waals surface area contributed by atoms with Crippen LogP contribution in [0.15, 0.2) is 0 Å². The third kappa shape index (κ3) is 3.27. The highest BCUT2D eigenvalue weighted by Gasteiger charge is 2.46. The summed E-state index contributed by atoms with van der Waals surface area (Å²) in [7, 11) is 0. The Morgan fingerprint density at radius 1 is 1.08 bits per heavy atom. The zero-order valence-electron chi connectivity index (χ0n) is 16.1. The van der Waals surface area contributed by atoms with Gasteiger partial charge in [-0.3, -0.25) is 4.90 Å². The monoisotopic (exact) mass is 334 g/mol. The van der Waals surface area contributed by atoms with E-state index < -0.39 is 0 Å². The minimum atomic E-state index is 0.488. The van der Waals surface area contributed by atoms with Gasteiger partial charge in [0.2, 0.25) is 0 Å². The van der Waals surface area contributed by atoms with Crippen molar-refractivity contribution in [1.29, 1.82) is 0 Å². The summed E-state index contributed by atoms with van der Waals surface area (Å²) in [5.74, 6) is 0.880. The van der Waals surface area contributed by atoms with Crippen LogP contribution >= 0.6 is 0 Å². The first-order valence-corrected chi connectivity index (χ1v) is 10.4. The van der Waals surface area contributed by atoms with Crippen LogP contribution in [0.5, 0.6) is 0 Å². The lowest BCUT2D eigenvalue weighted by molar-refractivity contribution is -0.0204. The van der Waals surface area contributed by atoms with Crippen molar-refractivity contribution in [2.24, 2.45) is 11.3 Å². The van der Waals surface area contributed by atoms with Gasteiger partial charge in [-0.2, -0.15) is 0 Å². The second-order valence-electron chi connectivity index (χ2n) is 9.81. The van der Waals surface area contributed by atoms with Gasteiger partial charge in [0.1, 0.15) is 0 Å². The summed E-state index contributed by atoms with van der Waals surface area (Å²) in [6, 6.07) is 1.43. The van der Waals surface area contributed by atoms with Gasteiger partial charge >= 0.3 is 0 Å². The fourth-order valence-electron chi connectivity index (χ4n) is 5.86. The van der Waals surface area contributed by atoms with Crippen molar-refractivity contribution in [2.45, 2.75) is 70.5 Å². The fourth-order valence-corrected chi connectivity index (χ4v) is 5.86. The van der Waals surface area contributed by atoms with Crippen molar-refractivity contribution in [1.82, 2.24) is 20.4 Å². The van der Waals surface area contributed by atoms with E-state index in [0.29, 0.717) is 17.0 Å². The molecule has 4 heterocycles. The van der Waals surface area contributed by atoms with Gasteiger partial charge in [0.05, 0.1) is 0 Å². The van der Waals surface area contributed by atoms with E-state index in [-0.39, 0.29) is 0 Å². The van der Waals surface area contributed by atoms with E-state index in [1.807, 2.05) is 0 Å². The first kappa shape index (κ1) is 17.3. The molecule has 3 atom stereocenters. The van der Waals surface area contributed by atoms with Gasteiger partial charge in [-0.05, 0) is 71.9 Å². The summed E-state index contributed by atoms with van der Waals surface area (Å²) in [5, 5.41) is 7.29. The van der Waals surface area contributed by atoms with E-state index in [2.05, 4.69) is 41.2 Å². The Balaban J connectivity index is 1.36. The molecule has 4 saturated heterocycles. The number of likely N-dealkylation sites (tertiary alicyclic amines) is 2. The molecule has 0 saturated carbocycles. The molecule has 4 heteroatoms. The molecule has 0 aromatic heterocycles. The molecular formula is C20H38N4. The van der Waals surface area contributed by atoms with Crippen LogP contribution in [0.25, 0.3) is 0 Å². The summed E-state index contributed by atoms with van der Waals surface area (Å²) in [4.78, 5) is 5.56. The zero-order chi connectivity index (χ0) is 16.8. The topological polar surface area (TPSA) is 30.5 Å². The summed E-state index contributed by atoms with van der Waals surface area (Å²) >= 11 is 0. The molecule has 138 valence electrons. The second kappa shape index (κ2) is 6.53. The van der Waals surface area contributed by atoms with Crippen molar-refractivity contribution >= 4 is 0 Å². The summed E-state index contributed by atoms with van der Waals surface area (Å²) < 4.78 is 0. The third-order valence-corrected chi connectivity index (χ3v) is 7.49. The molecule has 3 unspecified atom stereocenters. The van der Waals surface area contributed by atoms with Gasteiger partial charge < -0.3 is 15.5 Å². The minimum Gasteiger partial charge on any atom is -0.315 e. The van der Waals surface area contributed by atoms with Crippen LogP contribution in [0.3, 0.4) is 0 Å². The summed E-state index contributed by atoms with van der Waals surface area (Å²) in [5.41, 5.74) is 1.08. The van der Waals surface area contributed by atoms with Gasteiger partial charge in [0.25, 0.3) is 0 Å². The smallest absolute Gasteiger partial charge is 0.0321 e. The average Bonchev–Trinajstić information content (AvgIpc) is 2.51. The van der Waals surface area contributed by atoms with E-state index in [1.165, 1.54) is 77.9 Å². The molecule has 4 aliphatic heterocycles. The minimum absolute atomic E-state index is 0.488. The molecule has 0 aliphatic carbocycles. The standard InChI is InChI=1S/C20H38N4/c1-16(2)24-11-18(10-19(14-24)12-21-13-19)9-17(3)23-8-4-5-20(15-23)6-7-22-20/h16-18,21-22H,4-15H2,1-3H3. The molecule has 4 aliphatic rings. The number of hydrogen-bond acceptors (Lipinski definition) is 4. The molecule has 2 N–H and O–H groups in total. The van der Waals surface area contributed by atoms with E-state index in [9.17, 15) is 0 Å². The van der Waals surface area contributed by atoms with Crippen LogP contribution in [-0.4, -0.2) is 73.2 Å². The number of piperidine rings is 2. The van der Waals surface area contributed by atoms with E-state index in [4.69, 9.17) is 0 Å². The molecule has 0 bridgehead atoms. The number of hydrogen-bond donors (Lipinski definition) is 2. The number of rotatable bonds is 4. The first-order valence-electron chi connectivity index (χ1n) is 10.4. The van der Waals surface area contributed by atoms with E-state index in [1.54, 1.807) is 0 Å². The fraction of sp³-hybridized carbons (Fsp3) is 1.00. The van der Waals surface area contributed by atoms with Crippen molar-refractivity contribution in [2.75, 3.05) is 45.8 Å². The van der Waals surface area contributed by atoms with Crippen molar-refractivity contribution < 1.29 is 0 Å². The Morgan fingerprint density at radius 2 is 1.88 bits per heavy atom. The third-order valence-electron chi connectivity index (χ3n) is 7.49. The molecular weight excluding hydrogens is 296 g/mol. The largest absolute Gasteiger partial charge is 0.315 e. The Kier molecular flexibility index (Phi) is 4.70. The SMILES string of the molecule is CC(C)N1CC(CC(C)N2CCCC3(CCN3)C2)CC2(CNC2)C1. The Hall–Kier alpha value is -0.160. The first-order chi connectivity index (χ1) is 11.5.